The van der Waals surface area contributed by atoms with Gasteiger partial charge in [0, 0.05) is 31.6 Å². The van der Waals surface area contributed by atoms with Gasteiger partial charge in [0.05, 0.1) is 19.3 Å². The van der Waals surface area contributed by atoms with Crippen molar-refractivity contribution in [2.75, 3.05) is 26.7 Å². The van der Waals surface area contributed by atoms with Gasteiger partial charge in [-0.25, -0.2) is 9.78 Å². The predicted octanol–water partition coefficient (Wildman–Crippen LogP) is 2.26. The van der Waals surface area contributed by atoms with E-state index in [0.29, 0.717) is 38.1 Å². The lowest BCUT2D eigenvalue weighted by Gasteiger charge is -2.32. The van der Waals surface area contributed by atoms with E-state index < -0.39 is 0 Å². The molecule has 1 amide bonds. The lowest BCUT2D eigenvalue weighted by molar-refractivity contribution is 0.0963. The molecule has 0 saturated carbocycles. The molecule has 0 aliphatic carbocycles. The normalized spacial score (nSPS) is 16.5. The van der Waals surface area contributed by atoms with Crippen LogP contribution in [0.2, 0.25) is 0 Å². The van der Waals surface area contributed by atoms with Crippen LogP contribution in [0.1, 0.15) is 52.2 Å². The first-order valence-electron chi connectivity index (χ1n) is 9.17. The Hall–Kier alpha value is -2.25. The fourth-order valence-electron chi connectivity index (χ4n) is 2.71. The zero-order chi connectivity index (χ0) is 19.2. The fraction of sp³-hybridized carbons (Fsp3) is 0.722. The van der Waals surface area contributed by atoms with E-state index in [4.69, 9.17) is 9.15 Å². The molecule has 0 radical (unpaired) electrons. The molecule has 0 atom stereocenters. The quantitative estimate of drug-likeness (QED) is 0.628. The number of nitrogens with zero attached hydrogens (tertiary/aromatic N) is 3. The SMILES string of the molecule is CCOC(=O)N1CCC(NC(=NC)NCc2ncc(C(C)(C)C)o2)CC1. The molecule has 26 heavy (non-hydrogen) atoms. The van der Waals surface area contributed by atoms with Crippen molar-refractivity contribution in [1.82, 2.24) is 20.5 Å². The van der Waals surface area contributed by atoms with Gasteiger partial charge in [-0.3, -0.25) is 4.99 Å². The van der Waals surface area contributed by atoms with Crippen molar-refractivity contribution in [3.05, 3.63) is 17.8 Å². The number of rotatable bonds is 4. The minimum absolute atomic E-state index is 0.0575. The molecule has 2 N–H and O–H groups in total. The van der Waals surface area contributed by atoms with Crippen LogP contribution in [0.3, 0.4) is 0 Å². The lowest BCUT2D eigenvalue weighted by atomic mass is 9.94. The number of guanidine groups is 1. The number of hydrogen-bond donors (Lipinski definition) is 2. The first-order chi connectivity index (χ1) is 12.3. The van der Waals surface area contributed by atoms with Crippen LogP contribution in [0.5, 0.6) is 0 Å². The number of carbonyl (C=O) groups is 1. The lowest BCUT2D eigenvalue weighted by Crippen LogP contribution is -2.49. The van der Waals surface area contributed by atoms with Gasteiger partial charge in [0.2, 0.25) is 5.89 Å². The van der Waals surface area contributed by atoms with Crippen LogP contribution in [0, 0.1) is 0 Å². The van der Waals surface area contributed by atoms with Gasteiger partial charge in [-0.1, -0.05) is 20.8 Å². The largest absolute Gasteiger partial charge is 0.450 e. The number of aliphatic imine (C=N–C) groups is 1. The van der Waals surface area contributed by atoms with Gasteiger partial charge in [-0.15, -0.1) is 0 Å². The Labute approximate surface area is 155 Å². The second-order valence-corrected chi connectivity index (χ2v) is 7.40. The van der Waals surface area contributed by atoms with Crippen molar-refractivity contribution in [3.8, 4) is 0 Å². The van der Waals surface area contributed by atoms with E-state index in [1.807, 2.05) is 6.92 Å². The van der Waals surface area contributed by atoms with Crippen LogP contribution in [-0.2, 0) is 16.7 Å². The highest BCUT2D eigenvalue weighted by Gasteiger charge is 2.24. The van der Waals surface area contributed by atoms with E-state index in [2.05, 4.69) is 41.4 Å². The van der Waals surface area contributed by atoms with Gasteiger partial charge in [0.25, 0.3) is 0 Å². The third-order valence-corrected chi connectivity index (χ3v) is 4.29. The number of nitrogens with one attached hydrogen (secondary N) is 2. The molecular formula is C18H31N5O3. The molecule has 0 aromatic carbocycles. The maximum atomic E-state index is 11.7. The summed E-state index contributed by atoms with van der Waals surface area (Å²) in [6.07, 6.45) is 3.25. The van der Waals surface area contributed by atoms with Crippen molar-refractivity contribution in [1.29, 1.82) is 0 Å². The Morgan fingerprint density at radius 3 is 2.65 bits per heavy atom. The van der Waals surface area contributed by atoms with E-state index in [1.54, 1.807) is 18.1 Å². The van der Waals surface area contributed by atoms with Crippen molar-refractivity contribution in [2.45, 2.75) is 58.5 Å². The Kier molecular flexibility index (Phi) is 6.88. The van der Waals surface area contributed by atoms with Gasteiger partial charge in [0.1, 0.15) is 5.76 Å². The highest BCUT2D eigenvalue weighted by atomic mass is 16.6. The molecule has 8 heteroatoms. The molecule has 0 bridgehead atoms. The first-order valence-corrected chi connectivity index (χ1v) is 9.17. The number of amides is 1. The second kappa shape index (κ2) is 8.91. The van der Waals surface area contributed by atoms with E-state index in [1.165, 1.54) is 0 Å². The average Bonchev–Trinajstić information content (AvgIpc) is 3.08. The van der Waals surface area contributed by atoms with Gasteiger partial charge in [-0.05, 0) is 19.8 Å². The Morgan fingerprint density at radius 1 is 1.42 bits per heavy atom. The van der Waals surface area contributed by atoms with Gasteiger partial charge >= 0.3 is 6.09 Å². The standard InChI is InChI=1S/C18H31N5O3/c1-6-25-17(24)23-9-7-13(8-10-23)22-16(19-5)21-12-15-20-11-14(26-15)18(2,3)4/h11,13H,6-10,12H2,1-5H3,(H2,19,21,22). The maximum Gasteiger partial charge on any atom is 0.409 e. The van der Waals surface area contributed by atoms with Gasteiger partial charge in [0.15, 0.2) is 5.96 Å². The van der Waals surface area contributed by atoms with Crippen LogP contribution < -0.4 is 10.6 Å². The summed E-state index contributed by atoms with van der Waals surface area (Å²) in [5.41, 5.74) is -0.0575. The van der Waals surface area contributed by atoms with E-state index in [9.17, 15) is 4.79 Å². The zero-order valence-corrected chi connectivity index (χ0v) is 16.5. The highest BCUT2D eigenvalue weighted by Crippen LogP contribution is 2.22. The van der Waals surface area contributed by atoms with Gasteiger partial charge < -0.3 is 24.7 Å². The number of ether oxygens (including phenoxy) is 1. The minimum atomic E-state index is -0.230. The number of hydrogen-bond acceptors (Lipinski definition) is 5. The number of carbonyl (C=O) groups excluding carboxylic acids is 1. The third kappa shape index (κ3) is 5.64. The number of likely N-dealkylation sites (tertiary alicyclic amines) is 1. The Balaban J connectivity index is 1.78. The van der Waals surface area contributed by atoms with Crippen molar-refractivity contribution in [3.63, 3.8) is 0 Å². The third-order valence-electron chi connectivity index (χ3n) is 4.29. The van der Waals surface area contributed by atoms with E-state index in [0.717, 1.165) is 18.6 Å². The van der Waals surface area contributed by atoms with Crippen LogP contribution in [0.4, 0.5) is 4.79 Å². The summed E-state index contributed by atoms with van der Waals surface area (Å²) in [5, 5.41) is 6.62. The summed E-state index contributed by atoms with van der Waals surface area (Å²) in [5.74, 6) is 2.20. The molecule has 146 valence electrons. The summed E-state index contributed by atoms with van der Waals surface area (Å²) < 4.78 is 10.8. The molecule has 1 aromatic heterocycles. The smallest absolute Gasteiger partial charge is 0.409 e. The summed E-state index contributed by atoms with van der Waals surface area (Å²) >= 11 is 0. The van der Waals surface area contributed by atoms with E-state index >= 15 is 0 Å². The van der Waals surface area contributed by atoms with Crippen LogP contribution >= 0.6 is 0 Å². The first kappa shape index (κ1) is 20.1. The summed E-state index contributed by atoms with van der Waals surface area (Å²) in [4.78, 5) is 22.1. The Morgan fingerprint density at radius 2 is 2.12 bits per heavy atom. The second-order valence-electron chi connectivity index (χ2n) is 7.40. The Bertz CT molecular complexity index is 613. The summed E-state index contributed by atoms with van der Waals surface area (Å²) in [6.45, 7) is 10.3. The molecule has 2 rings (SSSR count). The van der Waals surface area contributed by atoms with Crippen molar-refractivity contribution in [2.24, 2.45) is 4.99 Å². The molecule has 1 saturated heterocycles. The fourth-order valence-corrected chi connectivity index (χ4v) is 2.71. The molecule has 0 spiro atoms. The van der Waals surface area contributed by atoms with Crippen LogP contribution in [0.25, 0.3) is 0 Å². The zero-order valence-electron chi connectivity index (χ0n) is 16.5. The molecule has 1 aromatic rings. The number of piperidine rings is 1. The van der Waals surface area contributed by atoms with E-state index in [-0.39, 0.29) is 17.6 Å². The molecule has 8 nitrogen and oxygen atoms in total. The molecule has 1 fully saturated rings. The number of oxazole rings is 1. The molecule has 1 aliphatic heterocycles. The molecular weight excluding hydrogens is 334 g/mol. The maximum absolute atomic E-state index is 11.7. The summed E-state index contributed by atoms with van der Waals surface area (Å²) in [6, 6.07) is 0.265. The monoisotopic (exact) mass is 365 g/mol. The molecule has 2 heterocycles. The minimum Gasteiger partial charge on any atom is -0.450 e. The summed E-state index contributed by atoms with van der Waals surface area (Å²) in [7, 11) is 1.74. The van der Waals surface area contributed by atoms with Crippen molar-refractivity contribution < 1.29 is 13.9 Å². The van der Waals surface area contributed by atoms with Gasteiger partial charge in [-0.2, -0.15) is 0 Å². The van der Waals surface area contributed by atoms with Crippen molar-refractivity contribution >= 4 is 12.1 Å². The topological polar surface area (TPSA) is 92.0 Å². The average molecular weight is 365 g/mol. The number of aromatic nitrogens is 1. The molecule has 1 aliphatic rings. The van der Waals surface area contributed by atoms with Crippen LogP contribution in [-0.4, -0.2) is 54.7 Å². The van der Waals surface area contributed by atoms with Crippen LogP contribution in [0.15, 0.2) is 15.6 Å². The highest BCUT2D eigenvalue weighted by molar-refractivity contribution is 5.79. The molecule has 0 unspecified atom stereocenters. The predicted molar refractivity (Wildman–Crippen MR) is 100 cm³/mol.